The Morgan fingerprint density at radius 1 is 0.372 bits per heavy atom. The van der Waals surface area contributed by atoms with Crippen LogP contribution in [0.5, 0.6) is 0 Å². The van der Waals surface area contributed by atoms with Crippen molar-refractivity contribution >= 4 is 104 Å². The first-order valence-electron chi connectivity index (χ1n) is 43.3. The minimum absolute atomic E-state index is 0.0146. The second-order valence-electron chi connectivity index (χ2n) is 32.0. The summed E-state index contributed by atoms with van der Waals surface area (Å²) in [5.41, 5.74) is -1.45. The highest BCUT2D eigenvalue weighted by atomic mass is 32.2. The van der Waals surface area contributed by atoms with Gasteiger partial charge in [-0.2, -0.15) is 13.0 Å². The number of ether oxygens (including phenoxy) is 3. The van der Waals surface area contributed by atoms with Gasteiger partial charge in [0.2, 0.25) is 0 Å². The van der Waals surface area contributed by atoms with Crippen LogP contribution in [0.15, 0.2) is 211 Å². The van der Waals surface area contributed by atoms with Crippen molar-refractivity contribution in [1.82, 2.24) is 0 Å². The summed E-state index contributed by atoms with van der Waals surface area (Å²) < 4.78 is 27.2. The summed E-state index contributed by atoms with van der Waals surface area (Å²) in [5, 5.41) is 50.1. The maximum atomic E-state index is 12.4. The molecule has 0 amide bonds. The van der Waals surface area contributed by atoms with Gasteiger partial charge in [-0.3, -0.25) is 43.9 Å². The minimum atomic E-state index is -1.03. The predicted octanol–water partition coefficient (Wildman–Crippen LogP) is 20.3. The molecule has 0 radical (unpaired) electrons. The molecule has 12 bridgehead atoms. The van der Waals surface area contributed by atoms with Crippen molar-refractivity contribution in [3.8, 4) is 0 Å². The van der Waals surface area contributed by atoms with E-state index in [0.29, 0.717) is 96.9 Å². The number of rotatable bonds is 23. The Hall–Kier alpha value is -5.56. The van der Waals surface area contributed by atoms with Crippen molar-refractivity contribution in [2.45, 2.75) is 307 Å². The maximum absolute atomic E-state index is 12.4. The van der Waals surface area contributed by atoms with Crippen molar-refractivity contribution in [1.29, 1.82) is 0 Å². The lowest BCUT2D eigenvalue weighted by atomic mass is 9.53. The molecule has 6 aromatic carbocycles. The predicted molar refractivity (Wildman–Crippen MR) is 485 cm³/mol. The molecule has 0 saturated heterocycles. The summed E-state index contributed by atoms with van der Waals surface area (Å²) in [6.07, 6.45) is 16.4. The lowest BCUT2D eigenvalue weighted by Gasteiger charge is -2.58. The summed E-state index contributed by atoms with van der Waals surface area (Å²) in [6, 6.07) is 64.3. The molecule has 1 N–H and O–H groups in total. The molecule has 12 aliphatic rings. The Morgan fingerprint density at radius 3 is 0.769 bits per heavy atom. The van der Waals surface area contributed by atoms with Gasteiger partial charge in [0.25, 0.3) is 0 Å². The number of benzene rings is 6. The number of ketones is 3. The molecule has 19 nitrogen and oxygen atoms in total. The molecule has 12 saturated carbocycles. The van der Waals surface area contributed by atoms with Crippen LogP contribution in [-0.2, 0) is 104 Å². The van der Waals surface area contributed by atoms with Gasteiger partial charge in [-0.25, -0.2) is 0 Å². The van der Waals surface area contributed by atoms with Crippen LogP contribution in [0.2, 0.25) is 0 Å². The van der Waals surface area contributed by atoms with Gasteiger partial charge in [-0.15, -0.1) is 0 Å². The number of hydrogen-bond donors (Lipinski definition) is 1. The molecule has 25 heteroatoms. The number of carbonyl (C=O) groups is 6. The topological polar surface area (TPSA) is 275 Å². The second-order valence-corrected chi connectivity index (χ2v) is 42.5. The standard InChI is InChI=1S/2C18H15S.C14H22O6S.2C14H20O6S.C6H13OS.6C2H6/c2*1-4-10-16(11-5-1)19(17-12-6-2-7-13-17)18-14-8-3-9-15-18;3*1-13(2,21-20-19-17)12(16)18-14-5-8-3-9(6-14)11(15)10(4-8)7-14;1-5(7)6(2)8(3)4;6*1-2/h2*1-15H;8-11,15,17H,3-7H2,1-2H3;2*8-10,17H,3-7H2,1-2H3;6H,1-4H3;6*1-2H3/q2*+1;;;;+1;;;;;;/p-3. The summed E-state index contributed by atoms with van der Waals surface area (Å²) >= 11 is 1.94. The average Bonchev–Trinajstić information content (AvgIpc) is 0.744. The van der Waals surface area contributed by atoms with Crippen molar-refractivity contribution in [2.75, 3.05) is 12.5 Å². The van der Waals surface area contributed by atoms with Crippen molar-refractivity contribution < 1.29 is 92.0 Å². The Labute approximate surface area is 745 Å². The van der Waals surface area contributed by atoms with Gasteiger partial charge in [0.05, 0.1) is 40.4 Å². The molecule has 672 valence electrons. The Bertz CT molecular complexity index is 3500. The fraction of sp³-hybridized carbons (Fsp3) is 0.562. The van der Waals surface area contributed by atoms with Crippen LogP contribution in [0.1, 0.15) is 235 Å². The summed E-state index contributed by atoms with van der Waals surface area (Å²) in [4.78, 5) is 80.1. The zero-order valence-electron chi connectivity index (χ0n) is 75.5. The van der Waals surface area contributed by atoms with Gasteiger partial charge >= 0.3 is 17.9 Å². The van der Waals surface area contributed by atoms with Crippen LogP contribution in [0.3, 0.4) is 0 Å². The van der Waals surface area contributed by atoms with Crippen molar-refractivity contribution in [3.05, 3.63) is 182 Å². The van der Waals surface area contributed by atoms with Gasteiger partial charge in [0, 0.05) is 59.8 Å². The number of Topliss-reactive ketones (excluding diaryl/α,β-unsaturated/α-hetero) is 3. The average molecular weight is 1790 g/mol. The highest BCUT2D eigenvalue weighted by molar-refractivity contribution is 7.98. The smallest absolute Gasteiger partial charge is 0.324 e. The van der Waals surface area contributed by atoms with Gasteiger partial charge < -0.3 is 35.1 Å². The van der Waals surface area contributed by atoms with Crippen molar-refractivity contribution in [3.63, 3.8) is 0 Å². The zero-order chi connectivity index (χ0) is 90.3. The SMILES string of the molecule is CC.CC.CC.CC.CC.CC.CC(=O)C(C)[S+](C)C.CC(C)(SOO[O-])C(=O)OC12CC3CC(C1)C(=O)C(C3)C2.CC(C)(SOO[O-])C(=O)OC12CC3CC(C1)C(=O)C(C3)C2.CC(C)(SOO[O-])C(=O)OC12CC3CC(C1)C(O)C(C3)C2.c1ccc([S+](c2ccccc2)c2ccccc2)cc1.c1ccc([S+](c2ccccc2)c2ccccc2)cc1. The van der Waals surface area contributed by atoms with Crippen LogP contribution in [-0.4, -0.2) is 95.3 Å². The van der Waals surface area contributed by atoms with Crippen molar-refractivity contribution in [2.24, 2.45) is 53.3 Å². The first-order chi connectivity index (χ1) is 58.0. The number of carbonyl (C=O) groups excluding carboxylic acids is 6. The summed E-state index contributed by atoms with van der Waals surface area (Å²) in [7, 11) is 0.231. The molecule has 7 unspecified atom stereocenters. The van der Waals surface area contributed by atoms with Gasteiger partial charge in [0.1, 0.15) is 42.6 Å². The van der Waals surface area contributed by atoms with Crippen LogP contribution in [0.25, 0.3) is 0 Å². The van der Waals surface area contributed by atoms with E-state index in [1.807, 2.05) is 90.0 Å². The molecule has 6 aromatic rings. The van der Waals surface area contributed by atoms with E-state index < -0.39 is 49.0 Å². The second kappa shape index (κ2) is 53.8. The summed E-state index contributed by atoms with van der Waals surface area (Å²) in [5.74, 6) is 2.01. The molecule has 121 heavy (non-hydrogen) atoms. The molecule has 0 spiro atoms. The van der Waals surface area contributed by atoms with E-state index in [4.69, 9.17) is 14.2 Å². The fourth-order valence-electron chi connectivity index (χ4n) is 17.5. The van der Waals surface area contributed by atoms with Crippen LogP contribution < -0.4 is 15.8 Å². The monoisotopic (exact) mass is 1790 g/mol. The third-order valence-corrected chi connectivity index (χ3v) is 30.7. The normalized spacial score (nSPS) is 24.9. The third-order valence-electron chi connectivity index (χ3n) is 22.4. The number of esters is 3. The van der Waals surface area contributed by atoms with E-state index in [9.17, 15) is 49.6 Å². The number of hydrogen-bond acceptors (Lipinski definition) is 22. The van der Waals surface area contributed by atoms with Crippen LogP contribution >= 0.6 is 36.1 Å². The fourth-order valence-corrected chi connectivity index (χ4v) is 23.3. The molecule has 0 heterocycles. The first kappa shape index (κ1) is 108. The summed E-state index contributed by atoms with van der Waals surface area (Å²) in [6.45, 7) is 37.4. The molecule has 12 aliphatic carbocycles. The molecule has 12 fully saturated rings. The quantitative estimate of drug-likeness (QED) is 0.0156. The largest absolute Gasteiger partial charge is 0.691 e. The Morgan fingerprint density at radius 2 is 0.579 bits per heavy atom. The highest BCUT2D eigenvalue weighted by Crippen LogP contribution is 2.60. The maximum Gasteiger partial charge on any atom is 0.324 e. The molecule has 0 aromatic heterocycles. The number of aliphatic hydroxyl groups excluding tert-OH is 1. The zero-order valence-corrected chi connectivity index (χ0v) is 80.4. The third kappa shape index (κ3) is 31.2. The van der Waals surface area contributed by atoms with Crippen LogP contribution in [0, 0.1) is 53.3 Å². The molecular formula is C96H138O19S6. The number of aliphatic hydroxyl groups is 1. The van der Waals surface area contributed by atoms with E-state index in [1.54, 1.807) is 48.5 Å². The van der Waals surface area contributed by atoms with E-state index in [-0.39, 0.29) is 79.5 Å². The van der Waals surface area contributed by atoms with Gasteiger partial charge in [-0.1, -0.05) is 192 Å². The van der Waals surface area contributed by atoms with E-state index in [2.05, 4.69) is 223 Å². The highest BCUT2D eigenvalue weighted by Gasteiger charge is 2.61. The van der Waals surface area contributed by atoms with Gasteiger partial charge in [-0.05, 0) is 265 Å². The molecular weight excluding hydrogens is 1650 g/mol. The first-order valence-corrected chi connectivity index (χ1v) is 50.0. The van der Waals surface area contributed by atoms with Crippen LogP contribution in [0.4, 0.5) is 0 Å². The lowest BCUT2D eigenvalue weighted by Crippen LogP contribution is -2.59. The molecule has 18 rings (SSSR count). The Kier molecular flexibility index (Phi) is 47.9. The van der Waals surface area contributed by atoms with E-state index >= 15 is 0 Å². The molecule has 0 aliphatic heterocycles. The molecule has 7 atom stereocenters. The van der Waals surface area contributed by atoms with E-state index in [0.717, 1.165) is 70.6 Å². The lowest BCUT2D eigenvalue weighted by molar-refractivity contribution is -0.777. The minimum Gasteiger partial charge on any atom is -0.691 e. The van der Waals surface area contributed by atoms with E-state index in [1.165, 1.54) is 29.4 Å². The Balaban J connectivity index is 0.000000301. The van der Waals surface area contributed by atoms with Gasteiger partial charge in [0.15, 0.2) is 40.4 Å².